The Morgan fingerprint density at radius 2 is 2.17 bits per heavy atom. The summed E-state index contributed by atoms with van der Waals surface area (Å²) in [4.78, 5) is 31.0. The molecule has 0 amide bonds. The fraction of sp³-hybridized carbons (Fsp3) is 0.588. The summed E-state index contributed by atoms with van der Waals surface area (Å²) < 4.78 is 6.58. The van der Waals surface area contributed by atoms with E-state index >= 15 is 0 Å². The van der Waals surface area contributed by atoms with E-state index in [9.17, 15) is 9.59 Å². The molecule has 1 aliphatic rings. The van der Waals surface area contributed by atoms with Crippen molar-refractivity contribution in [2.75, 3.05) is 12.4 Å². The molecule has 2 heterocycles. The van der Waals surface area contributed by atoms with Gasteiger partial charge in [0.05, 0.1) is 12.0 Å². The number of ether oxygens (including phenoxy) is 1. The fourth-order valence-electron chi connectivity index (χ4n) is 3.01. The summed E-state index contributed by atoms with van der Waals surface area (Å²) >= 11 is 3.21. The quantitative estimate of drug-likeness (QED) is 0.340. The number of thioether (sulfide) groups is 1. The molecule has 0 fully saturated rings. The van der Waals surface area contributed by atoms with E-state index in [0.29, 0.717) is 13.0 Å². The van der Waals surface area contributed by atoms with Crippen molar-refractivity contribution in [2.45, 2.75) is 50.6 Å². The predicted molar refractivity (Wildman–Crippen MR) is 98.1 cm³/mol. The highest BCUT2D eigenvalue weighted by molar-refractivity contribution is 7.99. The molecule has 7 heteroatoms. The van der Waals surface area contributed by atoms with Crippen LogP contribution >= 0.6 is 23.1 Å². The molecule has 0 saturated carbocycles. The van der Waals surface area contributed by atoms with Gasteiger partial charge in [0, 0.05) is 24.1 Å². The zero-order chi connectivity index (χ0) is 17.1. The van der Waals surface area contributed by atoms with Gasteiger partial charge in [-0.15, -0.1) is 11.3 Å². The fourth-order valence-corrected chi connectivity index (χ4v) is 5.22. The van der Waals surface area contributed by atoms with Gasteiger partial charge < -0.3 is 4.74 Å². The van der Waals surface area contributed by atoms with Gasteiger partial charge in [0.1, 0.15) is 4.83 Å². The summed E-state index contributed by atoms with van der Waals surface area (Å²) in [6, 6.07) is 0. The first-order valence-electron chi connectivity index (χ1n) is 8.41. The van der Waals surface area contributed by atoms with Gasteiger partial charge in [-0.1, -0.05) is 11.8 Å². The van der Waals surface area contributed by atoms with Gasteiger partial charge >= 0.3 is 5.97 Å². The highest BCUT2D eigenvalue weighted by atomic mass is 32.2. The largest absolute Gasteiger partial charge is 0.466 e. The number of carbonyl (C=O) groups is 1. The molecule has 0 spiro atoms. The molecule has 1 aliphatic carbocycles. The minimum atomic E-state index is -0.165. The van der Waals surface area contributed by atoms with E-state index in [1.54, 1.807) is 23.0 Å². The van der Waals surface area contributed by atoms with Crippen LogP contribution in [0.2, 0.25) is 0 Å². The number of hydrogen-bond acceptors (Lipinski definition) is 6. The summed E-state index contributed by atoms with van der Waals surface area (Å²) in [6.07, 6.45) is 5.56. The van der Waals surface area contributed by atoms with Crippen molar-refractivity contribution in [3.05, 3.63) is 20.8 Å². The van der Waals surface area contributed by atoms with Crippen LogP contribution in [0.3, 0.4) is 0 Å². The highest BCUT2D eigenvalue weighted by Gasteiger charge is 2.21. The van der Waals surface area contributed by atoms with Crippen LogP contribution in [0.25, 0.3) is 10.2 Å². The maximum absolute atomic E-state index is 12.8. The second-order valence-electron chi connectivity index (χ2n) is 5.91. The van der Waals surface area contributed by atoms with Gasteiger partial charge in [0.25, 0.3) is 5.56 Å². The van der Waals surface area contributed by atoms with Crippen LogP contribution in [0.5, 0.6) is 0 Å². The number of rotatable bonds is 6. The van der Waals surface area contributed by atoms with Gasteiger partial charge in [-0.05, 0) is 44.6 Å². The van der Waals surface area contributed by atoms with Crippen molar-refractivity contribution in [1.29, 1.82) is 0 Å². The van der Waals surface area contributed by atoms with E-state index in [1.807, 2.05) is 6.92 Å². The number of carbonyl (C=O) groups excluding carboxylic acids is 1. The molecule has 0 aliphatic heterocycles. The van der Waals surface area contributed by atoms with Crippen LogP contribution in [0.4, 0.5) is 0 Å². The molecule has 0 radical (unpaired) electrons. The van der Waals surface area contributed by atoms with Gasteiger partial charge in [0.2, 0.25) is 0 Å². The summed E-state index contributed by atoms with van der Waals surface area (Å²) in [5, 5.41) is 1.56. The lowest BCUT2D eigenvalue weighted by Crippen LogP contribution is -2.20. The molecule has 130 valence electrons. The molecule has 0 unspecified atom stereocenters. The Labute approximate surface area is 149 Å². The lowest BCUT2D eigenvalue weighted by atomic mass is 9.97. The zero-order valence-electron chi connectivity index (χ0n) is 14.1. The molecule has 0 saturated heterocycles. The molecule has 2 aromatic heterocycles. The van der Waals surface area contributed by atoms with E-state index in [0.717, 1.165) is 46.8 Å². The maximum atomic E-state index is 12.8. The molecule has 24 heavy (non-hydrogen) atoms. The lowest BCUT2D eigenvalue weighted by molar-refractivity contribution is -0.143. The van der Waals surface area contributed by atoms with Crippen LogP contribution in [-0.4, -0.2) is 27.9 Å². The van der Waals surface area contributed by atoms with Crippen molar-refractivity contribution < 1.29 is 9.53 Å². The van der Waals surface area contributed by atoms with Gasteiger partial charge in [-0.2, -0.15) is 0 Å². The summed E-state index contributed by atoms with van der Waals surface area (Å²) in [5.41, 5.74) is 1.29. The van der Waals surface area contributed by atoms with Crippen LogP contribution in [0, 0.1) is 0 Å². The Morgan fingerprint density at radius 1 is 1.38 bits per heavy atom. The van der Waals surface area contributed by atoms with Crippen molar-refractivity contribution in [3.63, 3.8) is 0 Å². The van der Waals surface area contributed by atoms with Crippen molar-refractivity contribution in [2.24, 2.45) is 7.05 Å². The number of aryl methyl sites for hydroxylation is 2. The zero-order valence-corrected chi connectivity index (χ0v) is 15.7. The standard InChI is InChI=1S/C17H22N2O3S2/c1-3-22-13(20)9-6-10-23-17-18-15-14(16(21)19(17)2)11-7-4-5-8-12(11)24-15/h3-10H2,1-2H3. The first-order valence-corrected chi connectivity index (χ1v) is 10.2. The highest BCUT2D eigenvalue weighted by Crippen LogP contribution is 2.34. The van der Waals surface area contributed by atoms with Crippen LogP contribution < -0.4 is 5.56 Å². The predicted octanol–water partition coefficient (Wildman–Crippen LogP) is 3.31. The van der Waals surface area contributed by atoms with Crippen LogP contribution in [0.1, 0.15) is 43.0 Å². The first kappa shape index (κ1) is 17.5. The van der Waals surface area contributed by atoms with E-state index in [2.05, 4.69) is 0 Å². The van der Waals surface area contributed by atoms with Gasteiger partial charge in [-0.25, -0.2) is 4.98 Å². The smallest absolute Gasteiger partial charge is 0.305 e. The molecular formula is C17H22N2O3S2. The lowest BCUT2D eigenvalue weighted by Gasteiger charge is -2.10. The number of fused-ring (bicyclic) bond motifs is 3. The molecular weight excluding hydrogens is 344 g/mol. The number of aromatic nitrogens is 2. The third kappa shape index (κ3) is 3.52. The third-order valence-corrected chi connectivity index (χ3v) is 6.52. The van der Waals surface area contributed by atoms with Crippen molar-refractivity contribution >= 4 is 39.3 Å². The Bertz CT molecular complexity index is 810. The summed E-state index contributed by atoms with van der Waals surface area (Å²) in [6.45, 7) is 2.23. The Balaban J connectivity index is 1.76. The number of esters is 1. The maximum Gasteiger partial charge on any atom is 0.305 e. The summed E-state index contributed by atoms with van der Waals surface area (Å²) in [7, 11) is 1.79. The number of thiophene rings is 1. The van der Waals surface area contributed by atoms with E-state index in [1.165, 1.54) is 28.6 Å². The second-order valence-corrected chi connectivity index (χ2v) is 8.05. The molecule has 0 N–H and O–H groups in total. The topological polar surface area (TPSA) is 61.2 Å². The van der Waals surface area contributed by atoms with Crippen molar-refractivity contribution in [1.82, 2.24) is 9.55 Å². The number of hydrogen-bond donors (Lipinski definition) is 0. The first-order chi connectivity index (χ1) is 11.6. The normalized spacial score (nSPS) is 13.9. The monoisotopic (exact) mass is 366 g/mol. The average molecular weight is 367 g/mol. The molecule has 0 aromatic carbocycles. The number of nitrogens with zero attached hydrogens (tertiary/aromatic N) is 2. The van der Waals surface area contributed by atoms with E-state index in [4.69, 9.17) is 9.72 Å². The Hall–Kier alpha value is -1.34. The van der Waals surface area contributed by atoms with Crippen LogP contribution in [-0.2, 0) is 29.4 Å². The molecule has 0 atom stereocenters. The minimum absolute atomic E-state index is 0.0623. The second kappa shape index (κ2) is 7.70. The molecule has 5 nitrogen and oxygen atoms in total. The average Bonchev–Trinajstić information content (AvgIpc) is 2.94. The minimum Gasteiger partial charge on any atom is -0.466 e. The van der Waals surface area contributed by atoms with E-state index < -0.39 is 0 Å². The molecule has 2 aromatic rings. The molecule has 3 rings (SSSR count). The Kier molecular flexibility index (Phi) is 5.61. The molecule has 0 bridgehead atoms. The van der Waals surface area contributed by atoms with Crippen LogP contribution in [0.15, 0.2) is 9.95 Å². The SMILES string of the molecule is CCOC(=O)CCCSc1nc2sc3c(c2c(=O)n1C)CCCC3. The third-order valence-electron chi connectivity index (χ3n) is 4.22. The Morgan fingerprint density at radius 3 is 2.96 bits per heavy atom. The van der Waals surface area contributed by atoms with E-state index in [-0.39, 0.29) is 11.5 Å². The van der Waals surface area contributed by atoms with Crippen molar-refractivity contribution in [3.8, 4) is 0 Å². The van der Waals surface area contributed by atoms with Gasteiger partial charge in [0.15, 0.2) is 5.16 Å². The van der Waals surface area contributed by atoms with Gasteiger partial charge in [-0.3, -0.25) is 14.2 Å². The summed E-state index contributed by atoms with van der Waals surface area (Å²) in [5.74, 6) is 0.580.